The Hall–Kier alpha value is -2.49. The maximum absolute atomic E-state index is 14.2. The van der Waals surface area contributed by atoms with Gasteiger partial charge in [0.2, 0.25) is 0 Å². The van der Waals surface area contributed by atoms with Gasteiger partial charge < -0.3 is 25.0 Å². The topological polar surface area (TPSA) is 106 Å². The van der Waals surface area contributed by atoms with Crippen molar-refractivity contribution >= 4 is 11.5 Å². The summed E-state index contributed by atoms with van der Waals surface area (Å²) in [5.41, 5.74) is -0.103. The van der Waals surface area contributed by atoms with Crippen LogP contribution >= 0.6 is 0 Å². The Balaban J connectivity index is 1.72. The first kappa shape index (κ1) is 15.1. The molecule has 2 unspecified atom stereocenters. The molecule has 3 N–H and O–H groups in total. The number of fused-ring (bicyclic) bond motifs is 2. The number of alkyl halides is 1. The molecule has 1 aromatic heterocycles. The van der Waals surface area contributed by atoms with E-state index < -0.39 is 36.9 Å². The number of hydrogen-bond acceptors (Lipinski definition) is 7. The summed E-state index contributed by atoms with van der Waals surface area (Å²) in [5.74, 6) is 0.975. The van der Waals surface area contributed by atoms with Crippen LogP contribution in [-0.2, 0) is 4.74 Å². The summed E-state index contributed by atoms with van der Waals surface area (Å²) < 4.78 is 26.0. The van der Waals surface area contributed by atoms with Gasteiger partial charge in [0.25, 0.3) is 0 Å². The van der Waals surface area contributed by atoms with Crippen molar-refractivity contribution in [1.29, 1.82) is 0 Å². The third kappa shape index (κ3) is 2.25. The summed E-state index contributed by atoms with van der Waals surface area (Å²) in [7, 11) is 0. The maximum atomic E-state index is 14.2. The molecule has 126 valence electrons. The number of ether oxygens (including phenoxy) is 2. The standard InChI is InChI=1S/C15H14FN3O5/c16-11-12(21)10(6-20)24-14(11)19-5-9-13(18-15(19)22)17-7-3-1-2-4-8(7)23-9/h1-5,10-12,14,20-21H,6H2,(H,17,18,22)/t10-,11?,12?,14-/m1/s1. The van der Waals surface area contributed by atoms with Crippen LogP contribution in [0.1, 0.15) is 6.23 Å². The summed E-state index contributed by atoms with van der Waals surface area (Å²) in [5, 5.41) is 21.8. The molecule has 4 atom stereocenters. The molecule has 0 aliphatic carbocycles. The average Bonchev–Trinajstić information content (AvgIpc) is 2.87. The zero-order valence-corrected chi connectivity index (χ0v) is 12.3. The van der Waals surface area contributed by atoms with Crippen molar-refractivity contribution in [3.05, 3.63) is 40.9 Å². The van der Waals surface area contributed by atoms with Crippen LogP contribution in [-0.4, -0.2) is 44.8 Å². The maximum Gasteiger partial charge on any atom is 0.352 e. The Kier molecular flexibility index (Phi) is 3.48. The van der Waals surface area contributed by atoms with Crippen molar-refractivity contribution in [2.45, 2.75) is 24.6 Å². The highest BCUT2D eigenvalue weighted by molar-refractivity contribution is 5.72. The second-order valence-corrected chi connectivity index (χ2v) is 5.55. The van der Waals surface area contributed by atoms with E-state index in [2.05, 4.69) is 10.3 Å². The van der Waals surface area contributed by atoms with Crippen LogP contribution in [0, 0.1) is 0 Å². The molecule has 0 bridgehead atoms. The molecule has 0 spiro atoms. The molecule has 8 nitrogen and oxygen atoms in total. The van der Waals surface area contributed by atoms with Gasteiger partial charge in [-0.2, -0.15) is 4.98 Å². The van der Waals surface area contributed by atoms with E-state index in [1.54, 1.807) is 24.3 Å². The van der Waals surface area contributed by atoms with E-state index in [1.807, 2.05) is 0 Å². The van der Waals surface area contributed by atoms with Gasteiger partial charge in [-0.05, 0) is 12.1 Å². The van der Waals surface area contributed by atoms with Crippen molar-refractivity contribution in [1.82, 2.24) is 9.55 Å². The minimum Gasteiger partial charge on any atom is -0.450 e. The second kappa shape index (κ2) is 5.55. The quantitative estimate of drug-likeness (QED) is 0.632. The van der Waals surface area contributed by atoms with Gasteiger partial charge in [-0.15, -0.1) is 0 Å². The van der Waals surface area contributed by atoms with E-state index >= 15 is 0 Å². The van der Waals surface area contributed by atoms with Gasteiger partial charge in [-0.25, -0.2) is 9.18 Å². The molecule has 4 rings (SSSR count). The Morgan fingerprint density at radius 3 is 2.88 bits per heavy atom. The molecule has 1 fully saturated rings. The normalized spacial score (nSPS) is 27.8. The molecule has 24 heavy (non-hydrogen) atoms. The number of nitrogens with one attached hydrogen (secondary N) is 1. The highest BCUT2D eigenvalue weighted by Gasteiger charge is 2.45. The van der Waals surface area contributed by atoms with Crippen LogP contribution in [0.4, 0.5) is 15.9 Å². The number of aliphatic hydroxyl groups excluding tert-OH is 2. The van der Waals surface area contributed by atoms with Crippen LogP contribution in [0.15, 0.2) is 35.3 Å². The van der Waals surface area contributed by atoms with Crippen LogP contribution in [0.5, 0.6) is 11.5 Å². The van der Waals surface area contributed by atoms with Crippen LogP contribution in [0.2, 0.25) is 0 Å². The first-order valence-corrected chi connectivity index (χ1v) is 7.34. The number of anilines is 2. The summed E-state index contributed by atoms with van der Waals surface area (Å²) in [6.45, 7) is -0.559. The number of aromatic nitrogens is 2. The molecule has 9 heteroatoms. The van der Waals surface area contributed by atoms with Gasteiger partial charge >= 0.3 is 5.69 Å². The van der Waals surface area contributed by atoms with E-state index in [0.29, 0.717) is 11.4 Å². The number of rotatable bonds is 2. The largest absolute Gasteiger partial charge is 0.450 e. The highest BCUT2D eigenvalue weighted by atomic mass is 19.1. The molecule has 0 radical (unpaired) electrons. The molecule has 3 heterocycles. The molecule has 2 aliphatic rings. The number of benzene rings is 1. The highest BCUT2D eigenvalue weighted by Crippen LogP contribution is 2.40. The van der Waals surface area contributed by atoms with Crippen LogP contribution < -0.4 is 15.7 Å². The second-order valence-electron chi connectivity index (χ2n) is 5.55. The van der Waals surface area contributed by atoms with Gasteiger partial charge in [0, 0.05) is 0 Å². The smallest absolute Gasteiger partial charge is 0.352 e. The van der Waals surface area contributed by atoms with Gasteiger partial charge in [0.1, 0.15) is 12.2 Å². The molecular formula is C15H14FN3O5. The lowest BCUT2D eigenvalue weighted by atomic mass is 10.1. The summed E-state index contributed by atoms with van der Waals surface area (Å²) in [4.78, 5) is 16.1. The molecule has 1 saturated heterocycles. The Morgan fingerprint density at radius 2 is 2.12 bits per heavy atom. The van der Waals surface area contributed by atoms with Crippen molar-refractivity contribution < 1.29 is 24.1 Å². The Bertz CT molecular complexity index is 842. The van der Waals surface area contributed by atoms with Gasteiger partial charge in [0.05, 0.1) is 18.5 Å². The number of aliphatic hydroxyl groups is 2. The predicted octanol–water partition coefficient (Wildman–Crippen LogP) is 0.681. The number of hydrogen-bond donors (Lipinski definition) is 3. The van der Waals surface area contributed by atoms with E-state index in [9.17, 15) is 14.3 Å². The van der Waals surface area contributed by atoms with E-state index in [1.165, 1.54) is 6.20 Å². The molecule has 0 saturated carbocycles. The van der Waals surface area contributed by atoms with Crippen molar-refractivity contribution in [3.8, 4) is 11.5 Å². The minimum absolute atomic E-state index is 0.211. The fourth-order valence-electron chi connectivity index (χ4n) is 2.78. The van der Waals surface area contributed by atoms with Crippen LogP contribution in [0.25, 0.3) is 0 Å². The van der Waals surface area contributed by atoms with Crippen molar-refractivity contribution in [3.63, 3.8) is 0 Å². The molecule has 0 amide bonds. The van der Waals surface area contributed by atoms with E-state index in [4.69, 9.17) is 14.6 Å². The molecule has 1 aromatic carbocycles. The summed E-state index contributed by atoms with van der Waals surface area (Å²) >= 11 is 0. The van der Waals surface area contributed by atoms with Crippen molar-refractivity contribution in [2.75, 3.05) is 11.9 Å². The lowest BCUT2D eigenvalue weighted by Gasteiger charge is -2.23. The number of para-hydroxylation sites is 2. The number of halogens is 1. The minimum atomic E-state index is -1.87. The molecule has 2 aromatic rings. The zero-order chi connectivity index (χ0) is 16.8. The number of nitrogens with zero attached hydrogens (tertiary/aromatic N) is 2. The first-order chi connectivity index (χ1) is 11.6. The van der Waals surface area contributed by atoms with Gasteiger partial charge in [0.15, 0.2) is 29.7 Å². The lowest BCUT2D eigenvalue weighted by molar-refractivity contribution is -0.0492. The third-order valence-electron chi connectivity index (χ3n) is 4.03. The fraction of sp³-hybridized carbons (Fsp3) is 0.333. The third-order valence-corrected chi connectivity index (χ3v) is 4.03. The van der Waals surface area contributed by atoms with Gasteiger partial charge in [-0.1, -0.05) is 12.1 Å². The zero-order valence-electron chi connectivity index (χ0n) is 12.3. The van der Waals surface area contributed by atoms with E-state index in [-0.39, 0.29) is 11.6 Å². The summed E-state index contributed by atoms with van der Waals surface area (Å²) in [6, 6.07) is 7.09. The fourth-order valence-corrected chi connectivity index (χ4v) is 2.78. The monoisotopic (exact) mass is 335 g/mol. The van der Waals surface area contributed by atoms with Gasteiger partial charge in [-0.3, -0.25) is 4.57 Å². The summed E-state index contributed by atoms with van der Waals surface area (Å²) in [6.07, 6.45) is -4.61. The van der Waals surface area contributed by atoms with Crippen molar-refractivity contribution in [2.24, 2.45) is 0 Å². The molecular weight excluding hydrogens is 321 g/mol. The molecule has 2 aliphatic heterocycles. The Labute approximate surface area is 135 Å². The first-order valence-electron chi connectivity index (χ1n) is 7.34. The SMILES string of the molecule is O=c1nc2c(cn1[C@@H]1O[C@H](CO)C(O)C1F)Oc1ccccc1N2. The van der Waals surface area contributed by atoms with Crippen LogP contribution in [0.3, 0.4) is 0 Å². The van der Waals surface area contributed by atoms with E-state index in [0.717, 1.165) is 4.57 Å². The Morgan fingerprint density at radius 1 is 1.33 bits per heavy atom. The predicted molar refractivity (Wildman–Crippen MR) is 80.2 cm³/mol. The lowest BCUT2D eigenvalue weighted by Crippen LogP contribution is -2.34. The average molecular weight is 335 g/mol.